The van der Waals surface area contributed by atoms with Crippen LogP contribution >= 0.6 is 28.1 Å². The smallest absolute Gasteiger partial charge is 0.270 e. The molecule has 8 heteroatoms. The van der Waals surface area contributed by atoms with Crippen molar-refractivity contribution in [2.75, 3.05) is 4.90 Å². The molecule has 1 saturated heterocycles. The maximum absolute atomic E-state index is 13.4. The third kappa shape index (κ3) is 3.90. The fourth-order valence-electron chi connectivity index (χ4n) is 2.88. The molecule has 2 aromatic carbocycles. The molecule has 1 aromatic heterocycles. The van der Waals surface area contributed by atoms with Crippen LogP contribution in [0.1, 0.15) is 5.76 Å². The highest BCUT2D eigenvalue weighted by molar-refractivity contribution is 9.10. The predicted molar refractivity (Wildman–Crippen MR) is 114 cm³/mol. The first-order chi connectivity index (χ1) is 13.9. The highest BCUT2D eigenvalue weighted by Gasteiger charge is 2.34. The maximum Gasteiger partial charge on any atom is 0.270 e. The van der Waals surface area contributed by atoms with E-state index in [-0.39, 0.29) is 22.3 Å². The molecule has 3 aromatic rings. The van der Waals surface area contributed by atoms with Crippen molar-refractivity contribution < 1.29 is 18.4 Å². The molecule has 1 N–H and O–H groups in total. The topological polar surface area (TPSA) is 62.6 Å². The Morgan fingerprint density at radius 1 is 1.07 bits per heavy atom. The zero-order valence-electron chi connectivity index (χ0n) is 14.7. The van der Waals surface area contributed by atoms with E-state index in [1.54, 1.807) is 42.5 Å². The quantitative estimate of drug-likeness (QED) is 0.343. The molecule has 2 heterocycles. The van der Waals surface area contributed by atoms with E-state index in [1.165, 1.54) is 23.1 Å². The molecule has 29 heavy (non-hydrogen) atoms. The summed E-state index contributed by atoms with van der Waals surface area (Å²) in [5.74, 6) is -0.876. The summed E-state index contributed by atoms with van der Waals surface area (Å²) in [5, 5.41) is 2.51. The van der Waals surface area contributed by atoms with Gasteiger partial charge in [0.2, 0.25) is 0 Å². The lowest BCUT2D eigenvalue weighted by molar-refractivity contribution is -0.122. The van der Waals surface area contributed by atoms with E-state index in [4.69, 9.17) is 16.6 Å². The molecule has 0 atom stereocenters. The number of hydrogen-bond acceptors (Lipinski definition) is 4. The summed E-state index contributed by atoms with van der Waals surface area (Å²) >= 11 is 8.53. The summed E-state index contributed by atoms with van der Waals surface area (Å²) < 4.78 is 19.9. The minimum atomic E-state index is -0.616. The number of furan rings is 1. The number of rotatable bonds is 3. The number of anilines is 1. The van der Waals surface area contributed by atoms with E-state index in [0.717, 1.165) is 4.47 Å². The van der Waals surface area contributed by atoms with Gasteiger partial charge < -0.3 is 4.42 Å². The van der Waals surface area contributed by atoms with E-state index in [2.05, 4.69) is 21.2 Å². The number of amides is 2. The van der Waals surface area contributed by atoms with E-state index >= 15 is 0 Å². The van der Waals surface area contributed by atoms with Crippen LogP contribution in [0, 0.1) is 5.82 Å². The second-order valence-corrected chi connectivity index (χ2v) is 7.45. The standard InChI is InChI=1S/C21H12BrFN2O3S/c22-13-4-2-6-15(10-13)25-20(27)17(19(26)24-21(25)29)11-16-7-8-18(28-16)12-3-1-5-14(23)9-12/h1-11H,(H,24,26,29)/b17-11-. The SMILES string of the molecule is O=C1NC(=S)N(c2cccc(Br)c2)C(=O)/C1=C\c1ccc(-c2cccc(F)c2)o1. The van der Waals surface area contributed by atoms with Crippen molar-refractivity contribution in [3.05, 3.63) is 82.3 Å². The number of carbonyl (C=O) groups is 2. The van der Waals surface area contributed by atoms with Gasteiger partial charge in [0.15, 0.2) is 5.11 Å². The van der Waals surface area contributed by atoms with Gasteiger partial charge in [-0.2, -0.15) is 0 Å². The van der Waals surface area contributed by atoms with Crippen molar-refractivity contribution in [3.8, 4) is 11.3 Å². The summed E-state index contributed by atoms with van der Waals surface area (Å²) in [7, 11) is 0. The molecule has 0 bridgehead atoms. The second kappa shape index (κ2) is 7.73. The summed E-state index contributed by atoms with van der Waals surface area (Å²) in [6, 6.07) is 16.2. The van der Waals surface area contributed by atoms with E-state index in [0.29, 0.717) is 17.0 Å². The first-order valence-corrected chi connectivity index (χ1v) is 9.65. The van der Waals surface area contributed by atoms with Crippen LogP contribution in [-0.4, -0.2) is 16.9 Å². The molecule has 2 amide bonds. The van der Waals surface area contributed by atoms with Gasteiger partial charge in [-0.15, -0.1) is 0 Å². The molecule has 0 radical (unpaired) electrons. The lowest BCUT2D eigenvalue weighted by Crippen LogP contribution is -2.54. The fraction of sp³-hybridized carbons (Fsp3) is 0. The number of carbonyl (C=O) groups excluding carboxylic acids is 2. The summed E-state index contributed by atoms with van der Waals surface area (Å²) in [6.45, 7) is 0. The van der Waals surface area contributed by atoms with Gasteiger partial charge in [0.05, 0.1) is 5.69 Å². The van der Waals surface area contributed by atoms with Crippen LogP contribution < -0.4 is 10.2 Å². The summed E-state index contributed by atoms with van der Waals surface area (Å²) in [6.07, 6.45) is 1.34. The molecule has 0 spiro atoms. The third-order valence-corrected chi connectivity index (χ3v) is 4.97. The Morgan fingerprint density at radius 2 is 1.86 bits per heavy atom. The fourth-order valence-corrected chi connectivity index (χ4v) is 3.54. The Bertz CT molecular complexity index is 1190. The van der Waals surface area contributed by atoms with Gasteiger partial charge in [0.1, 0.15) is 22.9 Å². The molecule has 1 aliphatic heterocycles. The highest BCUT2D eigenvalue weighted by Crippen LogP contribution is 2.27. The molecular formula is C21H12BrFN2O3S. The van der Waals surface area contributed by atoms with Gasteiger partial charge in [0, 0.05) is 10.0 Å². The van der Waals surface area contributed by atoms with E-state index in [1.807, 2.05) is 6.07 Å². The third-order valence-electron chi connectivity index (χ3n) is 4.19. The first-order valence-electron chi connectivity index (χ1n) is 8.45. The molecule has 1 aliphatic rings. The molecule has 0 aliphatic carbocycles. The van der Waals surface area contributed by atoms with Gasteiger partial charge in [0.25, 0.3) is 11.8 Å². The average Bonchev–Trinajstić information content (AvgIpc) is 3.14. The molecule has 0 unspecified atom stereocenters. The van der Waals surface area contributed by atoms with E-state index < -0.39 is 11.8 Å². The molecule has 5 nitrogen and oxygen atoms in total. The molecular weight excluding hydrogens is 459 g/mol. The Labute approximate surface area is 178 Å². The van der Waals surface area contributed by atoms with Crippen LogP contribution in [0.15, 0.2) is 75.1 Å². The van der Waals surface area contributed by atoms with Crippen molar-refractivity contribution in [2.24, 2.45) is 0 Å². The number of benzene rings is 2. The van der Waals surface area contributed by atoms with Gasteiger partial charge in [-0.3, -0.25) is 19.8 Å². The van der Waals surface area contributed by atoms with Gasteiger partial charge in [-0.25, -0.2) is 4.39 Å². The normalized spacial score (nSPS) is 15.7. The first kappa shape index (κ1) is 19.2. The summed E-state index contributed by atoms with van der Waals surface area (Å²) in [5.41, 5.74) is 0.935. The Kier molecular flexibility index (Phi) is 5.12. The summed E-state index contributed by atoms with van der Waals surface area (Å²) in [4.78, 5) is 26.6. The number of hydrogen-bond donors (Lipinski definition) is 1. The molecule has 144 valence electrons. The predicted octanol–water partition coefficient (Wildman–Crippen LogP) is 4.68. The Morgan fingerprint density at radius 3 is 2.62 bits per heavy atom. The highest BCUT2D eigenvalue weighted by atomic mass is 79.9. The van der Waals surface area contributed by atoms with E-state index in [9.17, 15) is 14.0 Å². The zero-order chi connectivity index (χ0) is 20.5. The van der Waals surface area contributed by atoms with Crippen LogP contribution in [0.4, 0.5) is 10.1 Å². The lowest BCUT2D eigenvalue weighted by atomic mass is 10.1. The number of nitrogens with one attached hydrogen (secondary N) is 1. The minimum Gasteiger partial charge on any atom is -0.457 e. The van der Waals surface area contributed by atoms with Crippen molar-refractivity contribution in [2.45, 2.75) is 0 Å². The van der Waals surface area contributed by atoms with Crippen molar-refractivity contribution in [1.29, 1.82) is 0 Å². The van der Waals surface area contributed by atoms with Crippen LogP contribution in [0.2, 0.25) is 0 Å². The lowest BCUT2D eigenvalue weighted by Gasteiger charge is -2.28. The van der Waals surface area contributed by atoms with Gasteiger partial charge in [-0.05, 0) is 60.8 Å². The van der Waals surface area contributed by atoms with Crippen LogP contribution in [0.5, 0.6) is 0 Å². The second-order valence-electron chi connectivity index (χ2n) is 6.15. The minimum absolute atomic E-state index is 0.00450. The van der Waals surface area contributed by atoms with Gasteiger partial charge >= 0.3 is 0 Å². The van der Waals surface area contributed by atoms with Crippen LogP contribution in [0.25, 0.3) is 17.4 Å². The average molecular weight is 471 g/mol. The van der Waals surface area contributed by atoms with Crippen LogP contribution in [0.3, 0.4) is 0 Å². The number of nitrogens with zero attached hydrogens (tertiary/aromatic N) is 1. The van der Waals surface area contributed by atoms with Crippen LogP contribution in [-0.2, 0) is 9.59 Å². The van der Waals surface area contributed by atoms with Crippen molar-refractivity contribution in [3.63, 3.8) is 0 Å². The molecule has 0 saturated carbocycles. The molecule has 1 fully saturated rings. The largest absolute Gasteiger partial charge is 0.457 e. The molecule has 4 rings (SSSR count). The monoisotopic (exact) mass is 470 g/mol. The maximum atomic E-state index is 13.4. The zero-order valence-corrected chi connectivity index (χ0v) is 17.1. The number of halogens is 2. The number of thiocarbonyl (C=S) groups is 1. The van der Waals surface area contributed by atoms with Crippen molar-refractivity contribution in [1.82, 2.24) is 5.32 Å². The van der Waals surface area contributed by atoms with Gasteiger partial charge in [-0.1, -0.05) is 34.1 Å². The Balaban J connectivity index is 1.68. The Hall–Kier alpha value is -3.10. The van der Waals surface area contributed by atoms with Crippen molar-refractivity contribution >= 4 is 56.8 Å².